The van der Waals surface area contributed by atoms with Gasteiger partial charge in [-0.15, -0.1) is 0 Å². The largest absolute Gasteiger partial charge is 0.468 e. The fraction of sp³-hybridized carbons (Fsp3) is 0.333. The average molecular weight is 440 g/mol. The molecule has 0 aliphatic carbocycles. The number of rotatable bonds is 9. The summed E-state index contributed by atoms with van der Waals surface area (Å²) in [5.74, 6) is -1.60. The third-order valence-electron chi connectivity index (χ3n) is 4.76. The molecule has 3 N–H and O–H groups in total. The van der Waals surface area contributed by atoms with Crippen LogP contribution in [0.1, 0.15) is 35.3 Å². The highest BCUT2D eigenvalue weighted by Gasteiger charge is 2.25. The van der Waals surface area contributed by atoms with Crippen LogP contribution in [-0.4, -0.2) is 43.4 Å². The Bertz CT molecular complexity index is 970. The zero-order valence-electron chi connectivity index (χ0n) is 18.7. The number of carbonyl (C=O) groups excluding carboxylic acids is 4. The number of benzene rings is 2. The minimum Gasteiger partial charge on any atom is -0.468 e. The van der Waals surface area contributed by atoms with Crippen molar-refractivity contribution in [1.29, 1.82) is 0 Å². The van der Waals surface area contributed by atoms with Gasteiger partial charge in [-0.05, 0) is 42.7 Å². The molecule has 0 heterocycles. The first-order valence-electron chi connectivity index (χ1n) is 10.3. The summed E-state index contributed by atoms with van der Waals surface area (Å²) in [5, 5.41) is 8.08. The first-order valence-corrected chi connectivity index (χ1v) is 10.3. The van der Waals surface area contributed by atoms with Gasteiger partial charge in [0.15, 0.2) is 0 Å². The van der Waals surface area contributed by atoms with E-state index in [9.17, 15) is 19.2 Å². The number of hydrogen-bond acceptors (Lipinski definition) is 5. The smallest absolute Gasteiger partial charge is 0.325 e. The van der Waals surface area contributed by atoms with E-state index < -0.39 is 12.0 Å². The zero-order valence-corrected chi connectivity index (χ0v) is 18.7. The molecule has 1 unspecified atom stereocenters. The number of ether oxygens (including phenoxy) is 1. The molecule has 0 radical (unpaired) electrons. The number of anilines is 1. The predicted octanol–water partition coefficient (Wildman–Crippen LogP) is 2.22. The first-order chi connectivity index (χ1) is 15.2. The Morgan fingerprint density at radius 1 is 1.00 bits per heavy atom. The number of aryl methyl sites for hydroxylation is 1. The maximum absolute atomic E-state index is 12.8. The summed E-state index contributed by atoms with van der Waals surface area (Å²) >= 11 is 0. The van der Waals surface area contributed by atoms with E-state index in [-0.39, 0.29) is 36.6 Å². The van der Waals surface area contributed by atoms with Crippen LogP contribution in [0.5, 0.6) is 0 Å². The third-order valence-corrected chi connectivity index (χ3v) is 4.76. The van der Waals surface area contributed by atoms with E-state index in [0.29, 0.717) is 11.3 Å². The lowest BCUT2D eigenvalue weighted by Crippen LogP contribution is -2.47. The topological polar surface area (TPSA) is 114 Å². The van der Waals surface area contributed by atoms with E-state index in [1.54, 1.807) is 42.5 Å². The van der Waals surface area contributed by atoms with Crippen molar-refractivity contribution in [3.8, 4) is 0 Å². The second-order valence-electron chi connectivity index (χ2n) is 7.78. The van der Waals surface area contributed by atoms with Gasteiger partial charge >= 0.3 is 5.97 Å². The Morgan fingerprint density at radius 3 is 2.28 bits per heavy atom. The van der Waals surface area contributed by atoms with Gasteiger partial charge in [0.25, 0.3) is 5.91 Å². The molecular formula is C24H29N3O5. The van der Waals surface area contributed by atoms with Crippen LogP contribution in [-0.2, 0) is 25.5 Å². The molecule has 3 amide bonds. The molecule has 2 aromatic rings. The third kappa shape index (κ3) is 7.54. The fourth-order valence-corrected chi connectivity index (χ4v) is 2.96. The number of amides is 3. The van der Waals surface area contributed by atoms with E-state index in [1.165, 1.54) is 7.11 Å². The zero-order chi connectivity index (χ0) is 23.7. The second kappa shape index (κ2) is 11.6. The van der Waals surface area contributed by atoms with Crippen molar-refractivity contribution in [2.24, 2.45) is 5.92 Å². The van der Waals surface area contributed by atoms with Gasteiger partial charge in [0, 0.05) is 11.3 Å². The molecular weight excluding hydrogens is 410 g/mol. The van der Waals surface area contributed by atoms with Crippen LogP contribution < -0.4 is 16.0 Å². The van der Waals surface area contributed by atoms with Crippen molar-refractivity contribution >= 4 is 29.4 Å². The van der Waals surface area contributed by atoms with Crippen LogP contribution >= 0.6 is 0 Å². The Labute approximate surface area is 187 Å². The van der Waals surface area contributed by atoms with Crippen molar-refractivity contribution in [2.75, 3.05) is 19.0 Å². The van der Waals surface area contributed by atoms with Crippen molar-refractivity contribution in [3.63, 3.8) is 0 Å². The molecule has 8 nitrogen and oxygen atoms in total. The molecule has 2 rings (SSSR count). The van der Waals surface area contributed by atoms with Crippen LogP contribution in [0.15, 0.2) is 48.5 Å². The molecule has 32 heavy (non-hydrogen) atoms. The van der Waals surface area contributed by atoms with Gasteiger partial charge in [-0.25, -0.2) is 0 Å². The summed E-state index contributed by atoms with van der Waals surface area (Å²) in [6.45, 7) is 5.43. The molecule has 0 aromatic heterocycles. The highest BCUT2D eigenvalue weighted by atomic mass is 16.5. The van der Waals surface area contributed by atoms with Gasteiger partial charge in [-0.3, -0.25) is 19.2 Å². The minimum absolute atomic E-state index is 0.0897. The van der Waals surface area contributed by atoms with Crippen molar-refractivity contribution in [1.82, 2.24) is 10.6 Å². The van der Waals surface area contributed by atoms with E-state index in [0.717, 1.165) is 11.1 Å². The molecule has 170 valence electrons. The lowest BCUT2D eigenvalue weighted by Gasteiger charge is -2.22. The quantitative estimate of drug-likeness (QED) is 0.519. The second-order valence-corrected chi connectivity index (χ2v) is 7.78. The molecule has 0 spiro atoms. The Morgan fingerprint density at radius 2 is 1.69 bits per heavy atom. The molecule has 2 aromatic carbocycles. The highest BCUT2D eigenvalue weighted by Crippen LogP contribution is 2.13. The average Bonchev–Trinajstić information content (AvgIpc) is 2.76. The van der Waals surface area contributed by atoms with Gasteiger partial charge in [0.05, 0.1) is 13.5 Å². The highest BCUT2D eigenvalue weighted by molar-refractivity contribution is 6.01. The molecule has 0 aliphatic rings. The van der Waals surface area contributed by atoms with Gasteiger partial charge in [-0.1, -0.05) is 43.7 Å². The van der Waals surface area contributed by atoms with Crippen molar-refractivity contribution < 1.29 is 23.9 Å². The first kappa shape index (κ1) is 24.6. The summed E-state index contributed by atoms with van der Waals surface area (Å²) in [7, 11) is 1.25. The minimum atomic E-state index is -0.716. The molecule has 0 aliphatic heterocycles. The standard InChI is InChI=1S/C24H29N3O5/c1-15(2)22(27-23(30)18-7-5-6-16(3)12-18)24(31)26-19-10-8-17(9-11-19)13-20(28)25-14-21(29)32-4/h5-12,15,22H,13-14H2,1-4H3,(H,25,28)(H,26,31)(H,27,30). The van der Waals surface area contributed by atoms with Gasteiger partial charge in [0.2, 0.25) is 11.8 Å². The van der Waals surface area contributed by atoms with Crippen molar-refractivity contribution in [2.45, 2.75) is 33.2 Å². The molecule has 1 atom stereocenters. The van der Waals surface area contributed by atoms with Crippen LogP contribution in [0.4, 0.5) is 5.69 Å². The fourth-order valence-electron chi connectivity index (χ4n) is 2.96. The molecule has 8 heteroatoms. The van der Waals surface area contributed by atoms with Crippen LogP contribution in [0, 0.1) is 12.8 Å². The van der Waals surface area contributed by atoms with Crippen molar-refractivity contribution in [3.05, 3.63) is 65.2 Å². The Hall–Kier alpha value is -3.68. The van der Waals surface area contributed by atoms with Gasteiger partial charge < -0.3 is 20.7 Å². The summed E-state index contributed by atoms with van der Waals surface area (Å²) in [4.78, 5) is 48.3. The molecule has 0 saturated heterocycles. The van der Waals surface area contributed by atoms with Gasteiger partial charge in [-0.2, -0.15) is 0 Å². The number of esters is 1. The Kier molecular flexibility index (Phi) is 8.95. The van der Waals surface area contributed by atoms with Crippen LogP contribution in [0.3, 0.4) is 0 Å². The number of nitrogens with one attached hydrogen (secondary N) is 3. The summed E-state index contributed by atoms with van der Waals surface area (Å²) in [6, 6.07) is 13.2. The lowest BCUT2D eigenvalue weighted by molar-refractivity contribution is -0.141. The van der Waals surface area contributed by atoms with Crippen LogP contribution in [0.25, 0.3) is 0 Å². The number of hydrogen-bond donors (Lipinski definition) is 3. The summed E-state index contributed by atoms with van der Waals surface area (Å²) in [5.41, 5.74) is 2.73. The molecule has 0 fully saturated rings. The molecule has 0 bridgehead atoms. The van der Waals surface area contributed by atoms with E-state index >= 15 is 0 Å². The number of methoxy groups -OCH3 is 1. The summed E-state index contributed by atoms with van der Waals surface area (Å²) < 4.78 is 4.47. The SMILES string of the molecule is COC(=O)CNC(=O)Cc1ccc(NC(=O)C(NC(=O)c2cccc(C)c2)C(C)C)cc1. The normalized spacial score (nSPS) is 11.4. The Balaban J connectivity index is 1.96. The maximum atomic E-state index is 12.8. The monoisotopic (exact) mass is 439 g/mol. The van der Waals surface area contributed by atoms with Crippen LogP contribution in [0.2, 0.25) is 0 Å². The number of carbonyl (C=O) groups is 4. The maximum Gasteiger partial charge on any atom is 0.325 e. The predicted molar refractivity (Wildman–Crippen MR) is 121 cm³/mol. The van der Waals surface area contributed by atoms with E-state index in [4.69, 9.17) is 0 Å². The lowest BCUT2D eigenvalue weighted by atomic mass is 10.0. The van der Waals surface area contributed by atoms with Gasteiger partial charge in [0.1, 0.15) is 12.6 Å². The van der Waals surface area contributed by atoms with E-state index in [2.05, 4.69) is 20.7 Å². The van der Waals surface area contributed by atoms with E-state index in [1.807, 2.05) is 26.8 Å². The summed E-state index contributed by atoms with van der Waals surface area (Å²) in [6.07, 6.45) is 0.0897. The molecule has 0 saturated carbocycles.